The molecule has 0 spiro atoms. The molecule has 5 atom stereocenters. The van der Waals surface area contributed by atoms with Gasteiger partial charge >= 0.3 is 5.97 Å². The predicted molar refractivity (Wildman–Crippen MR) is 166 cm³/mol. The highest BCUT2D eigenvalue weighted by molar-refractivity contribution is 6.21. The summed E-state index contributed by atoms with van der Waals surface area (Å²) in [5, 5.41) is 24.0. The number of methoxy groups -OCH3 is 1. The SMILES string of the molecule is COc1c(C)cc2c(c1O)C1C3Cc4c(OC(C)=O)c(C)c5c(c4[C@H](CN4C(=O)c6ccccc6C4=O)N3C(O)C(C2)N1C)OCO5. The third-order valence-corrected chi connectivity index (χ3v) is 10.6. The summed E-state index contributed by atoms with van der Waals surface area (Å²) in [7, 11) is 3.45. The lowest BCUT2D eigenvalue weighted by Gasteiger charge is -2.60. The molecule has 4 unspecified atom stereocenters. The molecule has 0 radical (unpaired) electrons. The number of benzene rings is 3. The van der Waals surface area contributed by atoms with Crippen LogP contribution in [0.15, 0.2) is 30.3 Å². The lowest BCUT2D eigenvalue weighted by atomic mass is 9.73. The number of phenolic OH excluding ortho intramolecular Hbond substituents is 1. The summed E-state index contributed by atoms with van der Waals surface area (Å²) >= 11 is 0. The van der Waals surface area contributed by atoms with Crippen LogP contribution in [-0.4, -0.2) is 88.5 Å². The second-order valence-corrected chi connectivity index (χ2v) is 12.9. The predicted octanol–water partition coefficient (Wildman–Crippen LogP) is 3.17. The molecule has 5 aliphatic heterocycles. The van der Waals surface area contributed by atoms with E-state index < -0.39 is 42.1 Å². The van der Waals surface area contributed by atoms with Crippen LogP contribution < -0.4 is 18.9 Å². The fourth-order valence-corrected chi connectivity index (χ4v) is 8.68. The molecule has 8 rings (SSSR count). The fraction of sp³-hybridized carbons (Fsp3) is 0.400. The highest BCUT2D eigenvalue weighted by atomic mass is 16.7. The average Bonchev–Trinajstić information content (AvgIpc) is 3.62. The molecule has 12 nitrogen and oxygen atoms in total. The Bertz CT molecular complexity index is 1870. The Kier molecular flexibility index (Phi) is 6.60. The summed E-state index contributed by atoms with van der Waals surface area (Å²) in [6, 6.07) is 6.62. The molecule has 2 amide bonds. The smallest absolute Gasteiger partial charge is 0.308 e. The van der Waals surface area contributed by atoms with E-state index >= 15 is 0 Å². The summed E-state index contributed by atoms with van der Waals surface area (Å²) in [5.41, 5.74) is 4.88. The number of esters is 1. The number of fused-ring (bicyclic) bond motifs is 10. The standard InChI is InChI=1S/C35H35N3O9/c1-15-10-18-11-23-35(43)38-22(27(36(23)4)25(18)28(40)29(15)44-5)12-21-26(32-31(45-14-46-32)16(2)30(21)47-17(3)39)24(38)13-37-33(41)19-8-6-7-9-20(19)34(37)42/h6-10,22-24,27,35,40,43H,11-14H2,1-5H3/t22?,23?,24-,27?,35?/m0/s1. The number of phenols is 1. The Morgan fingerprint density at radius 3 is 2.34 bits per heavy atom. The van der Waals surface area contributed by atoms with Crippen LogP contribution in [0.5, 0.6) is 28.7 Å². The third kappa shape index (κ3) is 4.01. The van der Waals surface area contributed by atoms with Gasteiger partial charge in [-0.25, -0.2) is 0 Å². The van der Waals surface area contributed by atoms with Gasteiger partial charge < -0.3 is 29.2 Å². The van der Waals surface area contributed by atoms with Gasteiger partial charge in [0.05, 0.1) is 36.4 Å². The zero-order valence-corrected chi connectivity index (χ0v) is 26.7. The largest absolute Gasteiger partial charge is 0.504 e. The van der Waals surface area contributed by atoms with Crippen molar-refractivity contribution in [2.24, 2.45) is 0 Å². The monoisotopic (exact) mass is 641 g/mol. The van der Waals surface area contributed by atoms with Gasteiger partial charge in [-0.3, -0.25) is 29.1 Å². The number of aromatic hydroxyl groups is 1. The minimum absolute atomic E-state index is 0.0407. The number of piperazine rings is 1. The second-order valence-electron chi connectivity index (χ2n) is 12.9. The number of ether oxygens (including phenoxy) is 4. The van der Waals surface area contributed by atoms with E-state index in [2.05, 4.69) is 4.90 Å². The number of imide groups is 1. The summed E-state index contributed by atoms with van der Waals surface area (Å²) < 4.78 is 23.5. The van der Waals surface area contributed by atoms with Gasteiger partial charge in [-0.2, -0.15) is 0 Å². The Labute approximate surface area is 271 Å². The molecule has 2 bridgehead atoms. The van der Waals surface area contributed by atoms with Gasteiger partial charge in [-0.1, -0.05) is 18.2 Å². The Balaban J connectivity index is 1.36. The third-order valence-electron chi connectivity index (χ3n) is 10.6. The van der Waals surface area contributed by atoms with Crippen molar-refractivity contribution in [3.63, 3.8) is 0 Å². The number of nitrogens with zero attached hydrogens (tertiary/aromatic N) is 3. The molecule has 12 heteroatoms. The van der Waals surface area contributed by atoms with Crippen LogP contribution in [0.3, 0.4) is 0 Å². The molecule has 5 aliphatic rings. The van der Waals surface area contributed by atoms with Gasteiger partial charge in [0.1, 0.15) is 12.0 Å². The second kappa shape index (κ2) is 10.4. The van der Waals surface area contributed by atoms with Crippen molar-refractivity contribution >= 4 is 17.8 Å². The minimum Gasteiger partial charge on any atom is -0.504 e. The van der Waals surface area contributed by atoms with Crippen LogP contribution in [0.1, 0.15) is 73.1 Å². The van der Waals surface area contributed by atoms with Crippen molar-refractivity contribution in [1.29, 1.82) is 0 Å². The number of amides is 2. The highest BCUT2D eigenvalue weighted by Gasteiger charge is 2.57. The first-order valence-electron chi connectivity index (χ1n) is 15.7. The van der Waals surface area contributed by atoms with Crippen molar-refractivity contribution in [2.45, 2.75) is 64.0 Å². The lowest BCUT2D eigenvalue weighted by molar-refractivity contribution is -0.173. The molecule has 1 saturated heterocycles. The zero-order valence-electron chi connectivity index (χ0n) is 26.7. The maximum absolute atomic E-state index is 13.7. The van der Waals surface area contributed by atoms with E-state index in [1.54, 1.807) is 31.2 Å². The molecule has 5 heterocycles. The van der Waals surface area contributed by atoms with E-state index in [1.807, 2.05) is 24.9 Å². The number of rotatable bonds is 4. The molecule has 0 saturated carbocycles. The number of carbonyl (C=O) groups is 3. The molecule has 47 heavy (non-hydrogen) atoms. The summed E-state index contributed by atoms with van der Waals surface area (Å²) in [6.07, 6.45) is -0.298. The molecule has 3 aromatic carbocycles. The summed E-state index contributed by atoms with van der Waals surface area (Å²) in [6.45, 7) is 4.83. The van der Waals surface area contributed by atoms with E-state index in [0.29, 0.717) is 69.2 Å². The number of aliphatic hydroxyl groups excluding tert-OH is 1. The first kappa shape index (κ1) is 29.7. The quantitative estimate of drug-likeness (QED) is 0.247. The van der Waals surface area contributed by atoms with Crippen molar-refractivity contribution in [3.8, 4) is 28.7 Å². The van der Waals surface area contributed by atoms with Gasteiger partial charge in [0.15, 0.2) is 23.0 Å². The summed E-state index contributed by atoms with van der Waals surface area (Å²) in [5.74, 6) is 0.221. The van der Waals surface area contributed by atoms with E-state index in [-0.39, 0.29) is 25.1 Å². The van der Waals surface area contributed by atoms with Crippen molar-refractivity contribution in [1.82, 2.24) is 14.7 Å². The first-order chi connectivity index (χ1) is 22.5. The molecular weight excluding hydrogens is 606 g/mol. The number of likely N-dealkylation sites (N-methyl/N-ethyl adjacent to an activating group) is 1. The first-order valence-corrected chi connectivity index (χ1v) is 15.7. The molecule has 2 N–H and O–H groups in total. The lowest BCUT2D eigenvalue weighted by Crippen LogP contribution is -2.69. The molecule has 244 valence electrons. The number of aryl methyl sites for hydroxylation is 1. The van der Waals surface area contributed by atoms with Crippen LogP contribution in [0, 0.1) is 13.8 Å². The van der Waals surface area contributed by atoms with Crippen LogP contribution in [0.25, 0.3) is 0 Å². The Hall–Kier alpha value is -4.65. The zero-order chi connectivity index (χ0) is 33.0. The summed E-state index contributed by atoms with van der Waals surface area (Å²) in [4.78, 5) is 45.2. The highest BCUT2D eigenvalue weighted by Crippen LogP contribution is 2.58. The fourth-order valence-electron chi connectivity index (χ4n) is 8.68. The minimum atomic E-state index is -1.04. The van der Waals surface area contributed by atoms with Crippen LogP contribution in [0.2, 0.25) is 0 Å². The van der Waals surface area contributed by atoms with Crippen molar-refractivity contribution in [3.05, 3.63) is 74.8 Å². The van der Waals surface area contributed by atoms with E-state index in [0.717, 1.165) is 11.1 Å². The Morgan fingerprint density at radius 1 is 1.00 bits per heavy atom. The molecular formula is C35H35N3O9. The van der Waals surface area contributed by atoms with E-state index in [4.69, 9.17) is 18.9 Å². The average molecular weight is 642 g/mol. The van der Waals surface area contributed by atoms with Gasteiger partial charge in [0.2, 0.25) is 6.79 Å². The number of hydrogen-bond acceptors (Lipinski definition) is 11. The van der Waals surface area contributed by atoms with Crippen molar-refractivity contribution < 1.29 is 43.5 Å². The number of hydrogen-bond donors (Lipinski definition) is 2. The van der Waals surface area contributed by atoms with E-state index in [9.17, 15) is 24.6 Å². The normalized spacial score (nSPS) is 25.7. The molecule has 0 aliphatic carbocycles. The molecule has 3 aromatic rings. The van der Waals surface area contributed by atoms with Gasteiger partial charge in [-0.05, 0) is 57.0 Å². The van der Waals surface area contributed by atoms with Crippen LogP contribution in [0.4, 0.5) is 0 Å². The van der Waals surface area contributed by atoms with Gasteiger partial charge in [-0.15, -0.1) is 0 Å². The molecule has 0 aromatic heterocycles. The molecule has 1 fully saturated rings. The Morgan fingerprint density at radius 2 is 1.68 bits per heavy atom. The maximum Gasteiger partial charge on any atom is 0.308 e. The van der Waals surface area contributed by atoms with E-state index in [1.165, 1.54) is 18.9 Å². The van der Waals surface area contributed by atoms with Gasteiger partial charge in [0.25, 0.3) is 11.8 Å². The van der Waals surface area contributed by atoms with Gasteiger partial charge in [0, 0.05) is 41.8 Å². The number of carbonyl (C=O) groups excluding carboxylic acids is 3. The van der Waals surface area contributed by atoms with Crippen LogP contribution >= 0.6 is 0 Å². The van der Waals surface area contributed by atoms with Crippen molar-refractivity contribution in [2.75, 3.05) is 27.5 Å². The van der Waals surface area contributed by atoms with Crippen LogP contribution in [-0.2, 0) is 17.6 Å². The number of aliphatic hydroxyl groups is 1. The maximum atomic E-state index is 13.7. The topological polar surface area (TPSA) is 138 Å².